The molecule has 80 valence electrons. The Morgan fingerprint density at radius 2 is 2.40 bits per heavy atom. The third-order valence-electron chi connectivity index (χ3n) is 2.06. The fourth-order valence-electron chi connectivity index (χ4n) is 1.44. The molecule has 0 amide bonds. The van der Waals surface area contributed by atoms with Gasteiger partial charge in [-0.2, -0.15) is 0 Å². The second-order valence-corrected chi connectivity index (χ2v) is 3.50. The Balaban J connectivity index is 2.04. The summed E-state index contributed by atoms with van der Waals surface area (Å²) in [4.78, 5) is 4.25. The average Bonchev–Trinajstić information content (AvgIpc) is 2.78. The molecule has 0 fully saturated rings. The lowest BCUT2D eigenvalue weighted by molar-refractivity contribution is 0.373. The number of hydrogen-bond acceptors (Lipinski definition) is 4. The lowest BCUT2D eigenvalue weighted by atomic mass is 10.4. The Labute approximate surface area is 88.1 Å². The Morgan fingerprint density at radius 1 is 1.53 bits per heavy atom. The molecule has 0 unspecified atom stereocenters. The van der Waals surface area contributed by atoms with Crippen molar-refractivity contribution in [1.82, 2.24) is 20.0 Å². The number of aromatic nitrogens is 3. The molecule has 2 aromatic rings. The fourth-order valence-corrected chi connectivity index (χ4v) is 1.44. The summed E-state index contributed by atoms with van der Waals surface area (Å²) >= 11 is 0. The van der Waals surface area contributed by atoms with E-state index in [1.807, 2.05) is 30.8 Å². The number of imidazole rings is 1. The summed E-state index contributed by atoms with van der Waals surface area (Å²) in [6, 6.07) is 1.93. The van der Waals surface area contributed by atoms with E-state index in [1.54, 1.807) is 6.33 Å². The van der Waals surface area contributed by atoms with E-state index in [9.17, 15) is 0 Å². The first kappa shape index (κ1) is 9.92. The molecular weight excluding hydrogens is 192 g/mol. The Bertz CT molecular complexity index is 432. The first-order chi connectivity index (χ1) is 7.28. The van der Waals surface area contributed by atoms with Gasteiger partial charge >= 0.3 is 0 Å². The number of aryl methyl sites for hydroxylation is 1. The summed E-state index contributed by atoms with van der Waals surface area (Å²) < 4.78 is 7.10. The highest BCUT2D eigenvalue weighted by Crippen LogP contribution is 2.05. The van der Waals surface area contributed by atoms with Gasteiger partial charge in [0.25, 0.3) is 0 Å². The second kappa shape index (κ2) is 4.27. The maximum absolute atomic E-state index is 5.12. The lowest BCUT2D eigenvalue weighted by Gasteiger charge is -1.95. The van der Waals surface area contributed by atoms with E-state index in [0.717, 1.165) is 23.7 Å². The highest BCUT2D eigenvalue weighted by Gasteiger charge is 2.02. The molecule has 2 heterocycles. The molecule has 2 rings (SSSR count). The van der Waals surface area contributed by atoms with E-state index in [-0.39, 0.29) is 0 Å². The van der Waals surface area contributed by atoms with Gasteiger partial charge in [0, 0.05) is 18.8 Å². The van der Waals surface area contributed by atoms with E-state index >= 15 is 0 Å². The van der Waals surface area contributed by atoms with Gasteiger partial charge in [-0.25, -0.2) is 4.98 Å². The fraction of sp³-hybridized carbons (Fsp3) is 0.400. The first-order valence-corrected chi connectivity index (χ1v) is 4.85. The van der Waals surface area contributed by atoms with E-state index < -0.39 is 0 Å². The van der Waals surface area contributed by atoms with Crippen LogP contribution in [0.3, 0.4) is 0 Å². The molecule has 15 heavy (non-hydrogen) atoms. The average molecular weight is 206 g/mol. The van der Waals surface area contributed by atoms with Gasteiger partial charge in [-0.1, -0.05) is 5.16 Å². The van der Waals surface area contributed by atoms with Crippen molar-refractivity contribution in [3.8, 4) is 0 Å². The molecule has 0 saturated carbocycles. The minimum absolute atomic E-state index is 0.678. The molecule has 0 aliphatic carbocycles. The highest BCUT2D eigenvalue weighted by molar-refractivity contribution is 5.05. The van der Waals surface area contributed by atoms with Gasteiger partial charge in [0.15, 0.2) is 5.76 Å². The second-order valence-electron chi connectivity index (χ2n) is 3.50. The van der Waals surface area contributed by atoms with Crippen LogP contribution in [-0.4, -0.2) is 21.8 Å². The standard InChI is InChI=1S/C10H14N4O/c1-8-3-10(15-13-8)6-14-5-9(4-11-2)12-7-14/h3,5,7,11H,4,6H2,1-2H3. The van der Waals surface area contributed by atoms with Crippen LogP contribution in [-0.2, 0) is 13.1 Å². The molecule has 0 aliphatic rings. The summed E-state index contributed by atoms with van der Waals surface area (Å²) in [6.07, 6.45) is 3.79. The van der Waals surface area contributed by atoms with Crippen LogP contribution in [0.2, 0.25) is 0 Å². The minimum atomic E-state index is 0.678. The summed E-state index contributed by atoms with van der Waals surface area (Å²) in [5, 5.41) is 6.89. The van der Waals surface area contributed by atoms with Crippen LogP contribution in [0.4, 0.5) is 0 Å². The van der Waals surface area contributed by atoms with E-state index in [2.05, 4.69) is 15.5 Å². The van der Waals surface area contributed by atoms with Crippen molar-refractivity contribution in [2.75, 3.05) is 7.05 Å². The maximum atomic E-state index is 5.12. The van der Waals surface area contributed by atoms with E-state index in [1.165, 1.54) is 0 Å². The van der Waals surface area contributed by atoms with Gasteiger partial charge in [-0.15, -0.1) is 0 Å². The van der Waals surface area contributed by atoms with Gasteiger partial charge in [-0.05, 0) is 14.0 Å². The predicted molar refractivity (Wildman–Crippen MR) is 55.3 cm³/mol. The first-order valence-electron chi connectivity index (χ1n) is 4.85. The Kier molecular flexibility index (Phi) is 2.82. The van der Waals surface area contributed by atoms with E-state index in [4.69, 9.17) is 4.52 Å². The predicted octanol–water partition coefficient (Wildman–Crippen LogP) is 0.947. The summed E-state index contributed by atoms with van der Waals surface area (Å²) in [5.41, 5.74) is 1.93. The zero-order valence-electron chi connectivity index (χ0n) is 8.90. The topological polar surface area (TPSA) is 55.9 Å². The molecule has 0 bridgehead atoms. The molecule has 0 saturated heterocycles. The number of nitrogens with zero attached hydrogens (tertiary/aromatic N) is 3. The van der Waals surface area contributed by atoms with Gasteiger partial charge in [0.05, 0.1) is 24.3 Å². The third-order valence-corrected chi connectivity index (χ3v) is 2.06. The van der Waals surface area contributed by atoms with Crippen molar-refractivity contribution in [2.45, 2.75) is 20.0 Å². The van der Waals surface area contributed by atoms with Gasteiger partial charge < -0.3 is 14.4 Å². The van der Waals surface area contributed by atoms with Crippen molar-refractivity contribution < 1.29 is 4.52 Å². The molecule has 0 atom stereocenters. The highest BCUT2D eigenvalue weighted by atomic mass is 16.5. The minimum Gasteiger partial charge on any atom is -0.359 e. The van der Waals surface area contributed by atoms with Crippen molar-refractivity contribution in [1.29, 1.82) is 0 Å². The zero-order chi connectivity index (χ0) is 10.7. The molecule has 5 nitrogen and oxygen atoms in total. The van der Waals surface area contributed by atoms with Crippen LogP contribution in [0.25, 0.3) is 0 Å². The van der Waals surface area contributed by atoms with Crippen molar-refractivity contribution in [2.24, 2.45) is 0 Å². The third kappa shape index (κ3) is 2.44. The summed E-state index contributed by atoms with van der Waals surface area (Å²) in [5.74, 6) is 0.848. The maximum Gasteiger partial charge on any atom is 0.156 e. The molecule has 0 spiro atoms. The molecule has 0 aliphatic heterocycles. The van der Waals surface area contributed by atoms with Gasteiger partial charge in [0.1, 0.15) is 0 Å². The molecule has 5 heteroatoms. The van der Waals surface area contributed by atoms with Crippen molar-refractivity contribution >= 4 is 0 Å². The largest absolute Gasteiger partial charge is 0.359 e. The molecular formula is C10H14N4O. The van der Waals surface area contributed by atoms with Crippen LogP contribution in [0.1, 0.15) is 17.1 Å². The van der Waals surface area contributed by atoms with E-state index in [0.29, 0.717) is 6.54 Å². The molecule has 0 aromatic carbocycles. The van der Waals surface area contributed by atoms with Crippen LogP contribution in [0, 0.1) is 6.92 Å². The van der Waals surface area contributed by atoms with Crippen molar-refractivity contribution in [3.63, 3.8) is 0 Å². The van der Waals surface area contributed by atoms with Gasteiger partial charge in [0.2, 0.25) is 0 Å². The molecule has 1 N–H and O–H groups in total. The molecule has 0 radical (unpaired) electrons. The monoisotopic (exact) mass is 206 g/mol. The van der Waals surface area contributed by atoms with Gasteiger partial charge in [-0.3, -0.25) is 0 Å². The van der Waals surface area contributed by atoms with Crippen LogP contribution < -0.4 is 5.32 Å². The Morgan fingerprint density at radius 3 is 3.07 bits per heavy atom. The summed E-state index contributed by atoms with van der Waals surface area (Å²) in [7, 11) is 1.90. The number of nitrogens with one attached hydrogen (secondary N) is 1. The Hall–Kier alpha value is -1.62. The van der Waals surface area contributed by atoms with Crippen LogP contribution in [0.5, 0.6) is 0 Å². The number of rotatable bonds is 4. The molecule has 2 aromatic heterocycles. The number of hydrogen-bond donors (Lipinski definition) is 1. The smallest absolute Gasteiger partial charge is 0.156 e. The van der Waals surface area contributed by atoms with Crippen LogP contribution in [0.15, 0.2) is 23.1 Å². The zero-order valence-corrected chi connectivity index (χ0v) is 8.90. The SMILES string of the molecule is CNCc1cn(Cc2cc(C)no2)cn1. The van der Waals surface area contributed by atoms with Crippen LogP contribution >= 0.6 is 0 Å². The normalized spacial score (nSPS) is 10.8. The quantitative estimate of drug-likeness (QED) is 0.809. The lowest BCUT2D eigenvalue weighted by Crippen LogP contribution is -2.05. The van der Waals surface area contributed by atoms with Crippen molar-refractivity contribution in [3.05, 3.63) is 35.7 Å². The summed E-state index contributed by atoms with van der Waals surface area (Å²) in [6.45, 7) is 3.37.